The second kappa shape index (κ2) is 10.5. The minimum Gasteiger partial charge on any atom is -0.310 e. The Morgan fingerprint density at radius 2 is 0.889 bits per heavy atom. The van der Waals surface area contributed by atoms with Crippen LogP contribution < -0.4 is 9.80 Å². The van der Waals surface area contributed by atoms with Gasteiger partial charge in [-0.2, -0.15) is 0 Å². The van der Waals surface area contributed by atoms with E-state index in [4.69, 9.17) is 6.42 Å². The lowest BCUT2D eigenvalue weighted by Gasteiger charge is -2.29. The number of terminal acetylenes is 1. The molecule has 0 aliphatic carbocycles. The quantitative estimate of drug-likeness (QED) is 0.137. The maximum Gasteiger partial charge on any atom is 0.237 e. The van der Waals surface area contributed by atoms with Gasteiger partial charge in [0.25, 0.3) is 0 Å². The minimum atomic E-state index is -0.371. The Hall–Kier alpha value is -5.07. The summed E-state index contributed by atoms with van der Waals surface area (Å²) in [6, 6.07) is 46.0. The zero-order chi connectivity index (χ0) is 24.7. The van der Waals surface area contributed by atoms with Gasteiger partial charge in [0.1, 0.15) is 0 Å². The predicted molar refractivity (Wildman–Crippen MR) is 149 cm³/mol. The van der Waals surface area contributed by atoms with Crippen molar-refractivity contribution in [2.24, 2.45) is 0 Å². The van der Waals surface area contributed by atoms with Crippen molar-refractivity contribution in [3.63, 3.8) is 0 Å². The SMILES string of the molecule is C#CC(=O)c1cc(N(c2ccccc2)c2ccccc2)ccc1N(c1ccccc1)c1ccccc1. The van der Waals surface area contributed by atoms with Gasteiger partial charge in [0.05, 0.1) is 11.3 Å². The second-order valence-corrected chi connectivity index (χ2v) is 8.19. The zero-order valence-corrected chi connectivity index (χ0v) is 19.7. The molecule has 0 bridgehead atoms. The van der Waals surface area contributed by atoms with E-state index in [0.29, 0.717) is 5.56 Å². The maximum absolute atomic E-state index is 13.2. The molecule has 5 aromatic carbocycles. The summed E-state index contributed by atoms with van der Waals surface area (Å²) in [6.07, 6.45) is 5.67. The van der Waals surface area contributed by atoms with Crippen LogP contribution in [0.3, 0.4) is 0 Å². The second-order valence-electron chi connectivity index (χ2n) is 8.19. The number of para-hydroxylation sites is 4. The van der Waals surface area contributed by atoms with E-state index in [1.807, 2.05) is 140 Å². The number of nitrogens with zero attached hydrogens (tertiary/aromatic N) is 2. The summed E-state index contributed by atoms with van der Waals surface area (Å²) in [5, 5.41) is 0. The summed E-state index contributed by atoms with van der Waals surface area (Å²) in [4.78, 5) is 17.3. The summed E-state index contributed by atoms with van der Waals surface area (Å²) in [7, 11) is 0. The number of anilines is 6. The van der Waals surface area contributed by atoms with Crippen molar-refractivity contribution in [1.82, 2.24) is 0 Å². The molecule has 0 aliphatic rings. The fraction of sp³-hybridized carbons (Fsp3) is 0. The van der Waals surface area contributed by atoms with E-state index in [1.165, 1.54) is 0 Å². The molecule has 172 valence electrons. The van der Waals surface area contributed by atoms with Gasteiger partial charge in [-0.3, -0.25) is 4.79 Å². The zero-order valence-electron chi connectivity index (χ0n) is 19.7. The maximum atomic E-state index is 13.2. The molecule has 0 unspecified atom stereocenters. The Labute approximate surface area is 211 Å². The molecular formula is C33H24N2O. The molecule has 0 aliphatic heterocycles. The Morgan fingerprint density at radius 1 is 0.500 bits per heavy atom. The van der Waals surface area contributed by atoms with Crippen LogP contribution in [0.15, 0.2) is 140 Å². The van der Waals surface area contributed by atoms with E-state index in [1.54, 1.807) is 0 Å². The number of hydrogen-bond acceptors (Lipinski definition) is 3. The average molecular weight is 465 g/mol. The normalized spacial score (nSPS) is 10.3. The van der Waals surface area contributed by atoms with Crippen molar-refractivity contribution in [3.05, 3.63) is 145 Å². The average Bonchev–Trinajstić information content (AvgIpc) is 2.96. The number of Topliss-reactive ketones (excluding diaryl/α,β-unsaturated/α-hetero) is 1. The lowest BCUT2D eigenvalue weighted by Crippen LogP contribution is -2.16. The third kappa shape index (κ3) is 4.61. The molecule has 0 amide bonds. The standard InChI is InChI=1S/C33H24N2O/c1-2-33(36)31-25-30(34(26-15-7-3-8-16-26)27-17-9-4-10-18-27)23-24-32(31)35(28-19-11-5-12-20-28)29-21-13-6-14-22-29/h1,3-25H. The highest BCUT2D eigenvalue weighted by atomic mass is 16.1. The van der Waals surface area contributed by atoms with Gasteiger partial charge in [0.2, 0.25) is 5.78 Å². The fourth-order valence-electron chi connectivity index (χ4n) is 4.30. The number of carbonyl (C=O) groups excluding carboxylic acids is 1. The third-order valence-corrected chi connectivity index (χ3v) is 5.91. The Morgan fingerprint density at radius 3 is 1.28 bits per heavy atom. The largest absolute Gasteiger partial charge is 0.310 e. The highest BCUT2D eigenvalue weighted by Gasteiger charge is 2.22. The fourth-order valence-corrected chi connectivity index (χ4v) is 4.30. The van der Waals surface area contributed by atoms with Gasteiger partial charge in [-0.1, -0.05) is 72.8 Å². The molecule has 5 rings (SSSR count). The first-order valence-corrected chi connectivity index (χ1v) is 11.7. The highest BCUT2D eigenvalue weighted by Crippen LogP contribution is 2.41. The molecular weight excluding hydrogens is 440 g/mol. The summed E-state index contributed by atoms with van der Waals surface area (Å²) in [5.41, 5.74) is 5.86. The Kier molecular flexibility index (Phi) is 6.60. The molecule has 0 fully saturated rings. The van der Waals surface area contributed by atoms with Crippen LogP contribution in [0, 0.1) is 12.3 Å². The van der Waals surface area contributed by atoms with Gasteiger partial charge < -0.3 is 9.80 Å². The Balaban J connectivity index is 1.72. The first kappa shape index (κ1) is 22.7. The number of benzene rings is 5. The Bertz CT molecular complexity index is 1410. The number of ketones is 1. The smallest absolute Gasteiger partial charge is 0.237 e. The molecule has 5 aromatic rings. The van der Waals surface area contributed by atoms with E-state index < -0.39 is 0 Å². The van der Waals surface area contributed by atoms with Crippen LogP contribution in [0.1, 0.15) is 10.4 Å². The monoisotopic (exact) mass is 464 g/mol. The lowest BCUT2D eigenvalue weighted by atomic mass is 10.0. The molecule has 0 aromatic heterocycles. The molecule has 3 heteroatoms. The summed E-state index contributed by atoms with van der Waals surface area (Å²) < 4.78 is 0. The van der Waals surface area contributed by atoms with Crippen LogP contribution in [0.25, 0.3) is 0 Å². The molecule has 0 saturated carbocycles. The molecule has 0 saturated heterocycles. The van der Waals surface area contributed by atoms with E-state index in [2.05, 4.69) is 15.7 Å². The van der Waals surface area contributed by atoms with Gasteiger partial charge >= 0.3 is 0 Å². The first-order chi connectivity index (χ1) is 17.8. The molecule has 0 N–H and O–H groups in total. The lowest BCUT2D eigenvalue weighted by molar-refractivity contribution is 0.105. The molecule has 3 nitrogen and oxygen atoms in total. The molecule has 0 radical (unpaired) electrons. The van der Waals surface area contributed by atoms with Gasteiger partial charge in [-0.25, -0.2) is 0 Å². The summed E-state index contributed by atoms with van der Waals surface area (Å²) in [5.74, 6) is 1.97. The summed E-state index contributed by atoms with van der Waals surface area (Å²) >= 11 is 0. The number of carbonyl (C=O) groups is 1. The van der Waals surface area contributed by atoms with Gasteiger partial charge in [0.15, 0.2) is 0 Å². The molecule has 0 heterocycles. The van der Waals surface area contributed by atoms with Crippen LogP contribution in [0.5, 0.6) is 0 Å². The van der Waals surface area contributed by atoms with E-state index in [-0.39, 0.29) is 5.78 Å². The molecule has 0 atom stereocenters. The van der Waals surface area contributed by atoms with E-state index in [9.17, 15) is 4.79 Å². The van der Waals surface area contributed by atoms with Crippen LogP contribution in [0.2, 0.25) is 0 Å². The van der Waals surface area contributed by atoms with Crippen molar-refractivity contribution in [2.75, 3.05) is 9.80 Å². The molecule has 36 heavy (non-hydrogen) atoms. The third-order valence-electron chi connectivity index (χ3n) is 5.91. The first-order valence-electron chi connectivity index (χ1n) is 11.7. The van der Waals surface area contributed by atoms with Crippen LogP contribution >= 0.6 is 0 Å². The number of hydrogen-bond donors (Lipinski definition) is 0. The minimum absolute atomic E-state index is 0.371. The van der Waals surface area contributed by atoms with Crippen molar-refractivity contribution >= 4 is 39.9 Å². The van der Waals surface area contributed by atoms with Crippen molar-refractivity contribution in [2.45, 2.75) is 0 Å². The number of rotatable bonds is 7. The summed E-state index contributed by atoms with van der Waals surface area (Å²) in [6.45, 7) is 0. The topological polar surface area (TPSA) is 23.6 Å². The predicted octanol–water partition coefficient (Wildman–Crippen LogP) is 8.44. The van der Waals surface area contributed by atoms with Crippen molar-refractivity contribution in [1.29, 1.82) is 0 Å². The van der Waals surface area contributed by atoms with Crippen molar-refractivity contribution in [3.8, 4) is 12.3 Å². The van der Waals surface area contributed by atoms with E-state index >= 15 is 0 Å². The van der Waals surface area contributed by atoms with E-state index in [0.717, 1.165) is 34.1 Å². The van der Waals surface area contributed by atoms with Crippen LogP contribution in [-0.4, -0.2) is 5.78 Å². The van der Waals surface area contributed by atoms with Crippen LogP contribution in [0.4, 0.5) is 34.1 Å². The van der Waals surface area contributed by atoms with Crippen LogP contribution in [-0.2, 0) is 0 Å². The van der Waals surface area contributed by atoms with Gasteiger partial charge in [0, 0.05) is 28.4 Å². The van der Waals surface area contributed by atoms with Gasteiger partial charge in [-0.15, -0.1) is 6.42 Å². The molecule has 0 spiro atoms. The van der Waals surface area contributed by atoms with Gasteiger partial charge in [-0.05, 0) is 72.7 Å². The highest BCUT2D eigenvalue weighted by molar-refractivity contribution is 6.14. The van der Waals surface area contributed by atoms with Crippen molar-refractivity contribution < 1.29 is 4.79 Å².